The molecule has 1 N–H and O–H groups in total. The third kappa shape index (κ3) is 2.64. The summed E-state index contributed by atoms with van der Waals surface area (Å²) in [6, 6.07) is -0.0582. The summed E-state index contributed by atoms with van der Waals surface area (Å²) < 4.78 is 79.7. The van der Waals surface area contributed by atoms with Crippen molar-refractivity contribution in [3.05, 3.63) is 0 Å². The van der Waals surface area contributed by atoms with Gasteiger partial charge in [0.25, 0.3) is 0 Å². The molecule has 1 spiro atoms. The maximum absolute atomic E-state index is 12.5. The molecule has 0 aromatic heterocycles. The topological polar surface area (TPSA) is 21.3 Å². The second-order valence-corrected chi connectivity index (χ2v) is 5.61. The molecule has 2 unspecified atom stereocenters. The lowest BCUT2D eigenvalue weighted by Crippen LogP contribution is -2.64. The predicted molar refractivity (Wildman–Crippen MR) is 59.1 cm³/mol. The number of nitrogens with one attached hydrogen (secondary N) is 1. The van der Waals surface area contributed by atoms with Crippen molar-refractivity contribution in [3.8, 4) is 0 Å². The Labute approximate surface area is 112 Å². The van der Waals surface area contributed by atoms with Crippen LogP contribution in [0.25, 0.3) is 0 Å². The third-order valence-electron chi connectivity index (χ3n) is 4.56. The largest absolute Gasteiger partial charge is 0.423 e. The number of rotatable bonds is 3. The smallest absolute Gasteiger partial charge is 0.357 e. The highest BCUT2D eigenvalue weighted by Crippen LogP contribution is 2.56. The van der Waals surface area contributed by atoms with Crippen LogP contribution in [0.15, 0.2) is 0 Å². The Hall–Kier alpha value is -0.500. The van der Waals surface area contributed by atoms with Gasteiger partial charge >= 0.3 is 12.4 Å². The Balaban J connectivity index is 2.12. The van der Waals surface area contributed by atoms with Gasteiger partial charge in [-0.25, -0.2) is 0 Å². The van der Waals surface area contributed by atoms with Gasteiger partial charge in [0.15, 0.2) is 0 Å². The highest BCUT2D eigenvalue weighted by atomic mass is 19.4. The second-order valence-electron chi connectivity index (χ2n) is 5.61. The maximum Gasteiger partial charge on any atom is 0.423 e. The van der Waals surface area contributed by atoms with Crippen molar-refractivity contribution < 1.29 is 31.1 Å². The van der Waals surface area contributed by atoms with E-state index in [1.54, 1.807) is 7.05 Å². The molecule has 0 aliphatic heterocycles. The van der Waals surface area contributed by atoms with Crippen LogP contribution in [0.1, 0.15) is 32.1 Å². The van der Waals surface area contributed by atoms with E-state index in [1.807, 2.05) is 0 Å². The van der Waals surface area contributed by atoms with Crippen molar-refractivity contribution in [1.29, 1.82) is 0 Å². The highest BCUT2D eigenvalue weighted by Gasteiger charge is 2.63. The quantitative estimate of drug-likeness (QED) is 0.807. The van der Waals surface area contributed by atoms with Crippen LogP contribution in [0.4, 0.5) is 26.3 Å². The summed E-state index contributed by atoms with van der Waals surface area (Å²) in [6.45, 7) is 0. The Morgan fingerprint density at radius 3 is 1.95 bits per heavy atom. The van der Waals surface area contributed by atoms with Gasteiger partial charge < -0.3 is 10.1 Å². The molecule has 8 heteroatoms. The van der Waals surface area contributed by atoms with E-state index in [-0.39, 0.29) is 12.5 Å². The lowest BCUT2D eigenvalue weighted by atomic mass is 9.60. The molecule has 0 aromatic carbocycles. The highest BCUT2D eigenvalue weighted by molar-refractivity contribution is 5.10. The fraction of sp³-hybridized carbons (Fsp3) is 1.00. The van der Waals surface area contributed by atoms with E-state index in [1.165, 1.54) is 0 Å². The SMILES string of the molecule is CNC1CC(OC(C(F)(F)F)C(F)(F)F)C12CCCC2. The molecule has 2 aliphatic carbocycles. The van der Waals surface area contributed by atoms with Crippen molar-refractivity contribution in [3.63, 3.8) is 0 Å². The van der Waals surface area contributed by atoms with E-state index in [4.69, 9.17) is 0 Å². The molecule has 2 fully saturated rings. The monoisotopic (exact) mass is 305 g/mol. The molecule has 0 heterocycles. The zero-order chi connectivity index (χ0) is 15.2. The molecule has 2 atom stereocenters. The molecule has 2 nitrogen and oxygen atoms in total. The van der Waals surface area contributed by atoms with Crippen LogP contribution in [0, 0.1) is 5.41 Å². The van der Waals surface area contributed by atoms with E-state index in [2.05, 4.69) is 10.1 Å². The van der Waals surface area contributed by atoms with Crippen LogP contribution < -0.4 is 5.32 Å². The number of hydrogen-bond acceptors (Lipinski definition) is 2. The van der Waals surface area contributed by atoms with Crippen LogP contribution in [-0.4, -0.2) is 37.7 Å². The molecule has 2 saturated carbocycles. The molecule has 20 heavy (non-hydrogen) atoms. The Bertz CT molecular complexity index is 333. The zero-order valence-electron chi connectivity index (χ0n) is 10.9. The minimum absolute atomic E-state index is 0.0582. The van der Waals surface area contributed by atoms with E-state index in [0.717, 1.165) is 12.8 Å². The van der Waals surface area contributed by atoms with Crippen molar-refractivity contribution in [1.82, 2.24) is 5.32 Å². The van der Waals surface area contributed by atoms with Crippen LogP contribution >= 0.6 is 0 Å². The first kappa shape index (κ1) is 15.9. The third-order valence-corrected chi connectivity index (χ3v) is 4.56. The van der Waals surface area contributed by atoms with Gasteiger partial charge in [0, 0.05) is 11.5 Å². The molecule has 2 rings (SSSR count). The van der Waals surface area contributed by atoms with Crippen LogP contribution in [0.5, 0.6) is 0 Å². The first-order chi connectivity index (χ1) is 9.11. The van der Waals surface area contributed by atoms with E-state index >= 15 is 0 Å². The maximum atomic E-state index is 12.5. The molecule has 0 radical (unpaired) electrons. The van der Waals surface area contributed by atoms with Crippen LogP contribution in [0.3, 0.4) is 0 Å². The van der Waals surface area contributed by atoms with E-state index in [9.17, 15) is 26.3 Å². The van der Waals surface area contributed by atoms with Gasteiger partial charge in [0.05, 0.1) is 6.10 Å². The number of halogens is 6. The first-order valence-electron chi connectivity index (χ1n) is 6.57. The predicted octanol–water partition coefficient (Wildman–Crippen LogP) is 3.42. The summed E-state index contributed by atoms with van der Waals surface area (Å²) in [4.78, 5) is 0. The van der Waals surface area contributed by atoms with E-state index in [0.29, 0.717) is 12.8 Å². The normalized spacial score (nSPS) is 30.0. The molecular formula is C12H17F6NO. The summed E-state index contributed by atoms with van der Waals surface area (Å²) in [5.74, 6) is 0. The Morgan fingerprint density at radius 1 is 1.05 bits per heavy atom. The summed E-state index contributed by atoms with van der Waals surface area (Å²) in [5.41, 5.74) is -0.566. The van der Waals surface area contributed by atoms with Crippen molar-refractivity contribution in [2.45, 2.75) is 62.7 Å². The first-order valence-corrected chi connectivity index (χ1v) is 6.57. The van der Waals surface area contributed by atoms with Gasteiger partial charge in [-0.2, -0.15) is 26.3 Å². The summed E-state index contributed by atoms with van der Waals surface area (Å²) >= 11 is 0. The van der Waals surface area contributed by atoms with E-state index < -0.39 is 30.0 Å². The fourth-order valence-corrected chi connectivity index (χ4v) is 3.55. The summed E-state index contributed by atoms with van der Waals surface area (Å²) in [5, 5.41) is 2.97. The summed E-state index contributed by atoms with van der Waals surface area (Å²) in [7, 11) is 1.67. The summed E-state index contributed by atoms with van der Waals surface area (Å²) in [6.07, 6.45) is -12.4. The molecular weight excluding hydrogens is 288 g/mol. The molecule has 0 bridgehead atoms. The lowest BCUT2D eigenvalue weighted by Gasteiger charge is -2.54. The Morgan fingerprint density at radius 2 is 1.55 bits per heavy atom. The minimum atomic E-state index is -5.43. The average molecular weight is 305 g/mol. The van der Waals surface area contributed by atoms with Gasteiger partial charge in [-0.15, -0.1) is 0 Å². The van der Waals surface area contributed by atoms with Gasteiger partial charge in [-0.05, 0) is 26.3 Å². The van der Waals surface area contributed by atoms with Gasteiger partial charge in [0.2, 0.25) is 6.10 Å². The Kier molecular flexibility index (Phi) is 4.01. The number of ether oxygens (including phenoxy) is 1. The second kappa shape index (κ2) is 5.05. The molecule has 118 valence electrons. The molecule has 0 aromatic rings. The minimum Gasteiger partial charge on any atom is -0.357 e. The van der Waals surface area contributed by atoms with Crippen molar-refractivity contribution in [2.24, 2.45) is 5.41 Å². The number of alkyl halides is 6. The molecule has 0 saturated heterocycles. The van der Waals surface area contributed by atoms with Gasteiger partial charge in [-0.1, -0.05) is 12.8 Å². The lowest BCUT2D eigenvalue weighted by molar-refractivity contribution is -0.348. The van der Waals surface area contributed by atoms with Crippen molar-refractivity contribution >= 4 is 0 Å². The zero-order valence-corrected chi connectivity index (χ0v) is 10.9. The van der Waals surface area contributed by atoms with Crippen LogP contribution in [0.2, 0.25) is 0 Å². The standard InChI is InChI=1S/C12H17F6NO/c1-19-7-6-8(10(7)4-2-3-5-10)20-9(11(13,14)15)12(16,17)18/h7-9,19H,2-6H2,1H3. The van der Waals surface area contributed by atoms with Crippen molar-refractivity contribution in [2.75, 3.05) is 7.05 Å². The van der Waals surface area contributed by atoms with Gasteiger partial charge in [0.1, 0.15) is 0 Å². The van der Waals surface area contributed by atoms with Crippen LogP contribution in [-0.2, 0) is 4.74 Å². The van der Waals surface area contributed by atoms with Gasteiger partial charge in [-0.3, -0.25) is 0 Å². The number of hydrogen-bond donors (Lipinski definition) is 1. The fourth-order valence-electron chi connectivity index (χ4n) is 3.55. The molecule has 2 aliphatic rings. The average Bonchev–Trinajstić information content (AvgIpc) is 2.75. The molecule has 0 amide bonds.